The van der Waals surface area contributed by atoms with Crippen LogP contribution in [0.15, 0.2) is 41.5 Å². The van der Waals surface area contributed by atoms with E-state index in [9.17, 15) is 9.59 Å². The molecule has 9 heteroatoms. The van der Waals surface area contributed by atoms with Gasteiger partial charge in [0.2, 0.25) is 0 Å². The maximum absolute atomic E-state index is 13.6. The van der Waals surface area contributed by atoms with Gasteiger partial charge in [-0.15, -0.1) is 0 Å². The molecule has 4 aromatic heterocycles. The van der Waals surface area contributed by atoms with Crippen LogP contribution in [0.4, 0.5) is 0 Å². The van der Waals surface area contributed by atoms with Gasteiger partial charge >= 0.3 is 0 Å². The van der Waals surface area contributed by atoms with E-state index in [1.54, 1.807) is 0 Å². The second kappa shape index (κ2) is 10.6. The average molecular weight is 517 g/mol. The van der Waals surface area contributed by atoms with Crippen molar-refractivity contribution in [3.8, 4) is 11.3 Å². The van der Waals surface area contributed by atoms with Gasteiger partial charge in [0.15, 0.2) is 0 Å². The van der Waals surface area contributed by atoms with Crippen molar-refractivity contribution in [1.29, 1.82) is 0 Å². The van der Waals surface area contributed by atoms with Gasteiger partial charge in [0.25, 0.3) is 11.5 Å². The van der Waals surface area contributed by atoms with E-state index in [1.165, 1.54) is 0 Å². The van der Waals surface area contributed by atoms with Gasteiger partial charge in [-0.1, -0.05) is 0 Å². The van der Waals surface area contributed by atoms with E-state index in [1.807, 2.05) is 49.8 Å². The maximum atomic E-state index is 13.6. The third-order valence-corrected chi connectivity index (χ3v) is 7.60. The molecule has 5 heterocycles. The lowest BCUT2D eigenvalue weighted by Gasteiger charge is -2.34. The number of hydrogen-bond donors (Lipinski definition) is 2. The molecule has 0 aromatic carbocycles. The first-order chi connectivity index (χ1) is 18.3. The summed E-state index contributed by atoms with van der Waals surface area (Å²) >= 11 is 0. The molecule has 1 amide bonds. The Morgan fingerprint density at radius 3 is 2.63 bits per heavy atom. The first kappa shape index (κ1) is 25.9. The lowest BCUT2D eigenvalue weighted by molar-refractivity contribution is 0.0187. The smallest absolute Gasteiger partial charge is 0.253 e. The molecule has 4 aromatic rings. The van der Waals surface area contributed by atoms with Crippen molar-refractivity contribution in [1.82, 2.24) is 29.4 Å². The van der Waals surface area contributed by atoms with Crippen LogP contribution in [0.25, 0.3) is 16.8 Å². The Morgan fingerprint density at radius 2 is 1.95 bits per heavy atom. The predicted octanol–water partition coefficient (Wildman–Crippen LogP) is 3.76. The Hall–Kier alpha value is -3.69. The number of aryl methyl sites for hydroxylation is 3. The minimum absolute atomic E-state index is 0.0739. The number of morpholine rings is 1. The molecule has 1 unspecified atom stereocenters. The minimum atomic E-state index is -0.196. The highest BCUT2D eigenvalue weighted by molar-refractivity contribution is 5.97. The number of rotatable bonds is 7. The molecule has 1 aliphatic heterocycles. The highest BCUT2D eigenvalue weighted by Gasteiger charge is 2.26. The van der Waals surface area contributed by atoms with E-state index in [0.29, 0.717) is 24.3 Å². The summed E-state index contributed by atoms with van der Waals surface area (Å²) in [4.78, 5) is 31.3. The Morgan fingerprint density at radius 1 is 1.18 bits per heavy atom. The van der Waals surface area contributed by atoms with Crippen LogP contribution in [-0.2, 0) is 17.8 Å². The molecule has 1 atom stereocenters. The van der Waals surface area contributed by atoms with Crippen molar-refractivity contribution in [2.24, 2.45) is 0 Å². The zero-order chi connectivity index (χ0) is 27.0. The summed E-state index contributed by atoms with van der Waals surface area (Å²) in [5.74, 6) is -0.196. The molecule has 0 bridgehead atoms. The zero-order valence-corrected chi connectivity index (χ0v) is 22.8. The molecule has 9 nitrogen and oxygen atoms in total. The molecule has 200 valence electrons. The fourth-order valence-corrected chi connectivity index (χ4v) is 5.46. The minimum Gasteiger partial charge on any atom is -0.379 e. The number of nitrogens with zero attached hydrogens (tertiary/aromatic N) is 4. The summed E-state index contributed by atoms with van der Waals surface area (Å²) in [5.41, 5.74) is 7.51. The zero-order valence-electron chi connectivity index (χ0n) is 22.8. The van der Waals surface area contributed by atoms with Crippen molar-refractivity contribution in [3.05, 3.63) is 80.7 Å². The number of carbonyl (C=O) groups excluding carboxylic acids is 1. The topological polar surface area (TPSA) is 96.7 Å². The molecule has 5 rings (SSSR count). The van der Waals surface area contributed by atoms with Gasteiger partial charge in [-0.25, -0.2) is 0 Å². The van der Waals surface area contributed by atoms with Crippen LogP contribution in [0.2, 0.25) is 0 Å². The van der Waals surface area contributed by atoms with Gasteiger partial charge in [0.05, 0.1) is 18.9 Å². The number of amides is 1. The van der Waals surface area contributed by atoms with Crippen molar-refractivity contribution >= 4 is 11.4 Å². The van der Waals surface area contributed by atoms with Gasteiger partial charge in [0, 0.05) is 78.2 Å². The molecule has 1 saturated heterocycles. The van der Waals surface area contributed by atoms with Crippen molar-refractivity contribution in [2.75, 3.05) is 26.3 Å². The van der Waals surface area contributed by atoms with Gasteiger partial charge in [-0.3, -0.25) is 19.2 Å². The normalized spacial score (nSPS) is 15.2. The summed E-state index contributed by atoms with van der Waals surface area (Å²) in [7, 11) is 0. The third kappa shape index (κ3) is 4.91. The van der Waals surface area contributed by atoms with E-state index in [4.69, 9.17) is 4.74 Å². The molecule has 38 heavy (non-hydrogen) atoms. The molecular weight excluding hydrogens is 480 g/mol. The van der Waals surface area contributed by atoms with Crippen LogP contribution in [-0.4, -0.2) is 56.3 Å². The van der Waals surface area contributed by atoms with Crippen LogP contribution in [0.3, 0.4) is 0 Å². The standard InChI is InChI=1S/C29H36N6O3/c1-6-34-8-7-26(32-34)22-14-23-15-24(28(36)30-16-25-18(2)13-19(3)31-29(25)37)20(4)27(35(23)17-22)21(5)33-9-11-38-12-10-33/h7-8,13-15,17,21H,6,9-12,16H2,1-5H3,(H,30,36)(H,31,37). The van der Waals surface area contributed by atoms with E-state index in [0.717, 1.165) is 58.9 Å². The van der Waals surface area contributed by atoms with Gasteiger partial charge < -0.3 is 19.4 Å². The first-order valence-corrected chi connectivity index (χ1v) is 13.3. The second-order valence-corrected chi connectivity index (χ2v) is 10.1. The maximum Gasteiger partial charge on any atom is 0.253 e. The summed E-state index contributed by atoms with van der Waals surface area (Å²) in [6, 6.07) is 8.04. The van der Waals surface area contributed by atoms with Crippen LogP contribution in [0, 0.1) is 20.8 Å². The van der Waals surface area contributed by atoms with Crippen molar-refractivity contribution in [2.45, 2.75) is 53.8 Å². The fraction of sp³-hybridized carbons (Fsp3) is 0.414. The Balaban J connectivity index is 1.55. The number of pyridine rings is 2. The van der Waals surface area contributed by atoms with Gasteiger partial charge in [-0.05, 0) is 70.0 Å². The van der Waals surface area contributed by atoms with Gasteiger partial charge in [-0.2, -0.15) is 5.10 Å². The summed E-state index contributed by atoms with van der Waals surface area (Å²) < 4.78 is 9.70. The summed E-state index contributed by atoms with van der Waals surface area (Å²) in [6.07, 6.45) is 4.10. The van der Waals surface area contributed by atoms with Crippen LogP contribution >= 0.6 is 0 Å². The number of ether oxygens (including phenoxy) is 1. The molecule has 0 saturated carbocycles. The number of aromatic amines is 1. The lowest BCUT2D eigenvalue weighted by Crippen LogP contribution is -2.39. The number of aromatic nitrogens is 4. The van der Waals surface area contributed by atoms with Crippen LogP contribution in [0.1, 0.15) is 58.3 Å². The molecule has 2 N–H and O–H groups in total. The Kier molecular flexibility index (Phi) is 7.23. The largest absolute Gasteiger partial charge is 0.379 e. The van der Waals surface area contributed by atoms with E-state index >= 15 is 0 Å². The predicted molar refractivity (Wildman–Crippen MR) is 148 cm³/mol. The van der Waals surface area contributed by atoms with E-state index in [-0.39, 0.29) is 24.1 Å². The van der Waals surface area contributed by atoms with Gasteiger partial charge in [0.1, 0.15) is 0 Å². The lowest BCUT2D eigenvalue weighted by atomic mass is 10.0. The SMILES string of the molecule is CCn1ccc(-c2cc3cc(C(=O)NCc4c(C)cc(C)[nH]c4=O)c(C)c(C(C)N4CCOCC4)n3c2)n1. The fourth-order valence-electron chi connectivity index (χ4n) is 5.46. The molecular formula is C29H36N6O3. The Bertz CT molecular complexity index is 1540. The highest BCUT2D eigenvalue weighted by atomic mass is 16.5. The quantitative estimate of drug-likeness (QED) is 0.390. The molecule has 0 aliphatic carbocycles. The second-order valence-electron chi connectivity index (χ2n) is 10.1. The van der Waals surface area contributed by atoms with E-state index < -0.39 is 0 Å². The third-order valence-electron chi connectivity index (χ3n) is 7.60. The number of nitrogens with one attached hydrogen (secondary N) is 2. The Labute approximate surface area is 222 Å². The van der Waals surface area contributed by atoms with Crippen LogP contribution < -0.4 is 10.9 Å². The number of carbonyl (C=O) groups is 1. The highest BCUT2D eigenvalue weighted by Crippen LogP contribution is 2.31. The summed E-state index contributed by atoms with van der Waals surface area (Å²) in [5, 5.41) is 7.69. The molecule has 0 spiro atoms. The average Bonchev–Trinajstić information content (AvgIpc) is 3.55. The monoisotopic (exact) mass is 516 g/mol. The number of fused-ring (bicyclic) bond motifs is 1. The molecule has 0 radical (unpaired) electrons. The van der Waals surface area contributed by atoms with E-state index in [2.05, 4.69) is 50.8 Å². The molecule has 1 fully saturated rings. The number of H-pyrrole nitrogens is 1. The van der Waals surface area contributed by atoms with Crippen molar-refractivity contribution < 1.29 is 9.53 Å². The van der Waals surface area contributed by atoms with Crippen LogP contribution in [0.5, 0.6) is 0 Å². The van der Waals surface area contributed by atoms with Crippen molar-refractivity contribution in [3.63, 3.8) is 0 Å². The summed E-state index contributed by atoms with van der Waals surface area (Å²) in [6.45, 7) is 14.0. The number of hydrogen-bond acceptors (Lipinski definition) is 5. The molecule has 1 aliphatic rings. The first-order valence-electron chi connectivity index (χ1n) is 13.3.